The van der Waals surface area contributed by atoms with Crippen molar-refractivity contribution < 1.29 is 13.2 Å². The maximum absolute atomic E-state index is 12.5. The molecule has 1 aromatic carbocycles. The van der Waals surface area contributed by atoms with Gasteiger partial charge in [-0.25, -0.2) is 8.42 Å². The van der Waals surface area contributed by atoms with Crippen molar-refractivity contribution in [3.63, 3.8) is 0 Å². The molecule has 2 N–H and O–H groups in total. The summed E-state index contributed by atoms with van der Waals surface area (Å²) in [6, 6.07) is 5.80. The van der Waals surface area contributed by atoms with Crippen LogP contribution in [0.4, 0.5) is 0 Å². The molecular formula is C13H18N2O3S. The van der Waals surface area contributed by atoms with Crippen molar-refractivity contribution in [2.45, 2.75) is 37.1 Å². The average Bonchev–Trinajstić information content (AvgIpc) is 2.39. The number of nitrogens with two attached hydrogens (primary N) is 1. The van der Waals surface area contributed by atoms with Crippen LogP contribution in [0.2, 0.25) is 0 Å². The number of carbonyl (C=O) groups excluding carboxylic acids is 1. The third kappa shape index (κ3) is 2.79. The fourth-order valence-electron chi connectivity index (χ4n) is 2.36. The fourth-order valence-corrected chi connectivity index (χ4v) is 4.05. The number of carbonyl (C=O) groups is 1. The van der Waals surface area contributed by atoms with Crippen LogP contribution < -0.4 is 5.73 Å². The number of primary amides is 1. The molecule has 1 aliphatic rings. The zero-order valence-electron chi connectivity index (χ0n) is 10.9. The van der Waals surface area contributed by atoms with Gasteiger partial charge in [0.05, 0.1) is 4.90 Å². The van der Waals surface area contributed by atoms with Crippen LogP contribution in [0.3, 0.4) is 0 Å². The van der Waals surface area contributed by atoms with Crippen molar-refractivity contribution in [2.24, 2.45) is 5.73 Å². The topological polar surface area (TPSA) is 80.5 Å². The van der Waals surface area contributed by atoms with E-state index in [1.165, 1.54) is 28.6 Å². The molecule has 1 heterocycles. The summed E-state index contributed by atoms with van der Waals surface area (Å²) in [5, 5.41) is 0. The molecule has 19 heavy (non-hydrogen) atoms. The number of sulfonamides is 1. The lowest BCUT2D eigenvalue weighted by atomic mass is 10.1. The minimum atomic E-state index is -3.47. The first-order valence-corrected chi connectivity index (χ1v) is 7.78. The quantitative estimate of drug-likeness (QED) is 0.908. The molecule has 0 aliphatic carbocycles. The van der Waals surface area contributed by atoms with Crippen LogP contribution in [0, 0.1) is 0 Å². The van der Waals surface area contributed by atoms with Gasteiger partial charge in [-0.2, -0.15) is 4.31 Å². The summed E-state index contributed by atoms with van der Waals surface area (Å²) in [5.41, 5.74) is 5.45. The van der Waals surface area contributed by atoms with E-state index < -0.39 is 15.9 Å². The van der Waals surface area contributed by atoms with Crippen molar-refractivity contribution in [2.75, 3.05) is 6.54 Å². The third-order valence-corrected chi connectivity index (χ3v) is 5.52. The molecule has 0 saturated carbocycles. The lowest BCUT2D eigenvalue weighted by molar-refractivity contribution is 0.1000. The summed E-state index contributed by atoms with van der Waals surface area (Å²) in [4.78, 5) is 11.2. The highest BCUT2D eigenvalue weighted by Gasteiger charge is 2.30. The molecule has 6 heteroatoms. The minimum absolute atomic E-state index is 0.0227. The standard InChI is InChI=1S/C13H18N2O3S/c1-10-4-2-3-9-15(10)19(17,18)12-7-5-11(6-8-12)13(14)16/h5-8,10H,2-4,9H2,1H3,(H2,14,16)/t10-/m0/s1. The monoisotopic (exact) mass is 282 g/mol. The van der Waals surface area contributed by atoms with Gasteiger partial charge in [-0.15, -0.1) is 0 Å². The maximum atomic E-state index is 12.5. The van der Waals surface area contributed by atoms with Crippen molar-refractivity contribution in [3.8, 4) is 0 Å². The largest absolute Gasteiger partial charge is 0.366 e. The fraction of sp³-hybridized carbons (Fsp3) is 0.462. The van der Waals surface area contributed by atoms with Crippen molar-refractivity contribution in [1.29, 1.82) is 0 Å². The Balaban J connectivity index is 2.30. The Hall–Kier alpha value is -1.40. The second kappa shape index (κ2) is 5.30. The second-order valence-electron chi connectivity index (χ2n) is 4.85. The Morgan fingerprint density at radius 3 is 2.42 bits per heavy atom. The van der Waals surface area contributed by atoms with Crippen LogP contribution in [-0.2, 0) is 10.0 Å². The van der Waals surface area contributed by atoms with Crippen molar-refractivity contribution in [3.05, 3.63) is 29.8 Å². The summed E-state index contributed by atoms with van der Waals surface area (Å²) in [5.74, 6) is -0.560. The van der Waals surface area contributed by atoms with Crippen LogP contribution in [0.5, 0.6) is 0 Å². The number of piperidine rings is 1. The Kier molecular flexibility index (Phi) is 3.91. The van der Waals surface area contributed by atoms with Gasteiger partial charge in [0.1, 0.15) is 0 Å². The van der Waals surface area contributed by atoms with Gasteiger partial charge < -0.3 is 5.73 Å². The van der Waals surface area contributed by atoms with Gasteiger partial charge in [0.25, 0.3) is 0 Å². The van der Waals surface area contributed by atoms with Gasteiger partial charge in [0, 0.05) is 18.2 Å². The first kappa shape index (κ1) is 14.0. The zero-order valence-corrected chi connectivity index (χ0v) is 11.7. The molecular weight excluding hydrogens is 264 g/mol. The molecule has 1 atom stereocenters. The number of hydrogen-bond acceptors (Lipinski definition) is 3. The van der Waals surface area contributed by atoms with E-state index >= 15 is 0 Å². The molecule has 1 aromatic rings. The smallest absolute Gasteiger partial charge is 0.248 e. The molecule has 0 spiro atoms. The number of rotatable bonds is 3. The second-order valence-corrected chi connectivity index (χ2v) is 6.74. The predicted octanol–water partition coefficient (Wildman–Crippen LogP) is 1.35. The first-order valence-electron chi connectivity index (χ1n) is 6.34. The molecule has 0 radical (unpaired) electrons. The van der Waals surface area contributed by atoms with Crippen LogP contribution in [0.1, 0.15) is 36.5 Å². The Morgan fingerprint density at radius 1 is 1.26 bits per heavy atom. The van der Waals surface area contributed by atoms with Gasteiger partial charge in [-0.1, -0.05) is 6.42 Å². The molecule has 1 saturated heterocycles. The molecule has 0 aromatic heterocycles. The highest BCUT2D eigenvalue weighted by atomic mass is 32.2. The molecule has 104 valence electrons. The van der Waals surface area contributed by atoms with Gasteiger partial charge in [0.15, 0.2) is 0 Å². The summed E-state index contributed by atoms with van der Waals surface area (Å²) in [6.45, 7) is 2.48. The molecule has 5 nitrogen and oxygen atoms in total. The van der Waals surface area contributed by atoms with Crippen molar-refractivity contribution >= 4 is 15.9 Å². The number of hydrogen-bond donors (Lipinski definition) is 1. The highest BCUT2D eigenvalue weighted by Crippen LogP contribution is 2.25. The number of amides is 1. The SMILES string of the molecule is C[C@H]1CCCCN1S(=O)(=O)c1ccc(C(N)=O)cc1. The third-order valence-electron chi connectivity index (χ3n) is 3.49. The summed E-state index contributed by atoms with van der Waals surface area (Å²) >= 11 is 0. The molecule has 2 rings (SSSR count). The normalized spacial score (nSPS) is 21.2. The minimum Gasteiger partial charge on any atom is -0.366 e. The van der Waals surface area contributed by atoms with E-state index in [4.69, 9.17) is 5.73 Å². The lowest BCUT2D eigenvalue weighted by Crippen LogP contribution is -2.41. The van der Waals surface area contributed by atoms with Crippen LogP contribution in [0.15, 0.2) is 29.2 Å². The molecule has 1 amide bonds. The number of nitrogens with zero attached hydrogens (tertiary/aromatic N) is 1. The first-order chi connectivity index (χ1) is 8.93. The van der Waals surface area contributed by atoms with Gasteiger partial charge in [-0.3, -0.25) is 4.79 Å². The van der Waals surface area contributed by atoms with E-state index in [0.29, 0.717) is 12.1 Å². The van der Waals surface area contributed by atoms with Gasteiger partial charge in [-0.05, 0) is 44.0 Å². The van der Waals surface area contributed by atoms with Crippen molar-refractivity contribution in [1.82, 2.24) is 4.31 Å². The Bertz CT molecular complexity index is 566. The molecule has 1 aliphatic heterocycles. The summed E-state index contributed by atoms with van der Waals surface area (Å²) in [7, 11) is -3.47. The van der Waals surface area contributed by atoms with Crippen LogP contribution in [-0.4, -0.2) is 31.2 Å². The maximum Gasteiger partial charge on any atom is 0.248 e. The van der Waals surface area contributed by atoms with E-state index in [1.54, 1.807) is 0 Å². The summed E-state index contributed by atoms with van der Waals surface area (Å²) < 4.78 is 26.5. The van der Waals surface area contributed by atoms with Crippen LogP contribution >= 0.6 is 0 Å². The highest BCUT2D eigenvalue weighted by molar-refractivity contribution is 7.89. The number of benzene rings is 1. The van der Waals surface area contributed by atoms with E-state index in [0.717, 1.165) is 19.3 Å². The zero-order chi connectivity index (χ0) is 14.0. The van der Waals surface area contributed by atoms with Crippen LogP contribution in [0.25, 0.3) is 0 Å². The average molecular weight is 282 g/mol. The van der Waals surface area contributed by atoms with Gasteiger partial charge >= 0.3 is 0 Å². The molecule has 0 bridgehead atoms. The Morgan fingerprint density at radius 2 is 1.89 bits per heavy atom. The lowest BCUT2D eigenvalue weighted by Gasteiger charge is -2.32. The molecule has 0 unspecified atom stereocenters. The predicted molar refractivity (Wildman–Crippen MR) is 72.2 cm³/mol. The van der Waals surface area contributed by atoms with E-state index in [-0.39, 0.29) is 10.9 Å². The summed E-state index contributed by atoms with van der Waals surface area (Å²) in [6.07, 6.45) is 2.84. The van der Waals surface area contributed by atoms with Gasteiger partial charge in [0.2, 0.25) is 15.9 Å². The molecule has 1 fully saturated rings. The van der Waals surface area contributed by atoms with E-state index in [2.05, 4.69) is 0 Å². The Labute approximate surface area is 113 Å². The van der Waals surface area contributed by atoms with E-state index in [1.807, 2.05) is 6.92 Å². The van der Waals surface area contributed by atoms with E-state index in [9.17, 15) is 13.2 Å².